The molecular formula is C25H21BrN2O5S. The van der Waals surface area contributed by atoms with Gasteiger partial charge in [0.1, 0.15) is 5.75 Å². The van der Waals surface area contributed by atoms with Gasteiger partial charge >= 0.3 is 11.9 Å². The van der Waals surface area contributed by atoms with Gasteiger partial charge in [0, 0.05) is 11.4 Å². The number of esters is 2. The zero-order valence-electron chi connectivity index (χ0n) is 18.7. The van der Waals surface area contributed by atoms with E-state index in [9.17, 15) is 14.4 Å². The van der Waals surface area contributed by atoms with Crippen molar-refractivity contribution in [3.8, 4) is 5.75 Å². The SMILES string of the molecule is CCOC(=O)C1=C(C)N=c2sc(=Cc3cccc(Br)c3)c(=O)n2[C@@H]1c1ccc(OC(C)=O)cc1. The van der Waals surface area contributed by atoms with Crippen LogP contribution < -0.4 is 19.6 Å². The van der Waals surface area contributed by atoms with E-state index in [1.165, 1.54) is 22.8 Å². The summed E-state index contributed by atoms with van der Waals surface area (Å²) in [5.74, 6) is -0.591. The van der Waals surface area contributed by atoms with Crippen LogP contribution in [0.15, 0.2) is 74.1 Å². The maximum absolute atomic E-state index is 13.6. The molecule has 0 N–H and O–H groups in total. The summed E-state index contributed by atoms with van der Waals surface area (Å²) in [7, 11) is 0. The van der Waals surface area contributed by atoms with Crippen molar-refractivity contribution in [1.82, 2.24) is 4.57 Å². The Bertz CT molecular complexity index is 1480. The summed E-state index contributed by atoms with van der Waals surface area (Å²) in [5.41, 5.74) is 2.06. The Balaban J connectivity index is 1.91. The number of thiazole rings is 1. The first kappa shape index (κ1) is 23.8. The third kappa shape index (κ3) is 4.80. The van der Waals surface area contributed by atoms with E-state index in [4.69, 9.17) is 9.47 Å². The van der Waals surface area contributed by atoms with E-state index < -0.39 is 18.0 Å². The number of rotatable bonds is 5. The molecule has 0 aliphatic carbocycles. The van der Waals surface area contributed by atoms with Crippen LogP contribution in [0, 0.1) is 0 Å². The molecule has 0 radical (unpaired) electrons. The van der Waals surface area contributed by atoms with Gasteiger partial charge in [-0.2, -0.15) is 0 Å². The fourth-order valence-corrected chi connectivity index (χ4v) is 5.20. The largest absolute Gasteiger partial charge is 0.463 e. The summed E-state index contributed by atoms with van der Waals surface area (Å²) in [5, 5.41) is 0. The second kappa shape index (κ2) is 9.90. The fourth-order valence-electron chi connectivity index (χ4n) is 3.74. The van der Waals surface area contributed by atoms with Crippen LogP contribution in [0.1, 0.15) is 37.9 Å². The predicted octanol–water partition coefficient (Wildman–Crippen LogP) is 3.49. The summed E-state index contributed by atoms with van der Waals surface area (Å²) < 4.78 is 13.3. The molecule has 0 bridgehead atoms. The van der Waals surface area contributed by atoms with Crippen molar-refractivity contribution in [2.24, 2.45) is 4.99 Å². The molecule has 0 fully saturated rings. The number of benzene rings is 2. The molecule has 174 valence electrons. The maximum atomic E-state index is 13.6. The Hall–Kier alpha value is -3.30. The zero-order chi connectivity index (χ0) is 24.4. The molecule has 2 heterocycles. The van der Waals surface area contributed by atoms with Crippen LogP contribution in [-0.2, 0) is 14.3 Å². The molecule has 0 unspecified atom stereocenters. The second-order valence-electron chi connectivity index (χ2n) is 7.52. The maximum Gasteiger partial charge on any atom is 0.338 e. The molecule has 1 atom stereocenters. The van der Waals surface area contributed by atoms with Crippen LogP contribution in [-0.4, -0.2) is 23.1 Å². The first-order valence-corrected chi connectivity index (χ1v) is 12.1. The molecule has 1 aliphatic rings. The topological polar surface area (TPSA) is 87.0 Å². The van der Waals surface area contributed by atoms with E-state index in [1.807, 2.05) is 24.3 Å². The number of hydrogen-bond donors (Lipinski definition) is 0. The molecule has 9 heteroatoms. The van der Waals surface area contributed by atoms with Gasteiger partial charge in [-0.15, -0.1) is 0 Å². The molecule has 0 saturated carbocycles. The van der Waals surface area contributed by atoms with Gasteiger partial charge in [0.25, 0.3) is 5.56 Å². The van der Waals surface area contributed by atoms with Crippen LogP contribution in [0.2, 0.25) is 0 Å². The Morgan fingerprint density at radius 3 is 2.59 bits per heavy atom. The average molecular weight is 541 g/mol. The van der Waals surface area contributed by atoms with Gasteiger partial charge in [-0.05, 0) is 55.3 Å². The van der Waals surface area contributed by atoms with Gasteiger partial charge in [0.15, 0.2) is 4.80 Å². The van der Waals surface area contributed by atoms with Crippen molar-refractivity contribution >= 4 is 45.3 Å². The van der Waals surface area contributed by atoms with Crippen molar-refractivity contribution in [2.45, 2.75) is 26.8 Å². The van der Waals surface area contributed by atoms with Crippen LogP contribution in [0.5, 0.6) is 5.75 Å². The summed E-state index contributed by atoms with van der Waals surface area (Å²) in [6.07, 6.45) is 1.80. The minimum absolute atomic E-state index is 0.195. The van der Waals surface area contributed by atoms with Gasteiger partial charge in [0.2, 0.25) is 0 Å². The minimum Gasteiger partial charge on any atom is -0.463 e. The first-order chi connectivity index (χ1) is 16.3. The number of nitrogens with zero attached hydrogens (tertiary/aromatic N) is 2. The Kier molecular flexibility index (Phi) is 6.95. The highest BCUT2D eigenvalue weighted by Crippen LogP contribution is 2.31. The minimum atomic E-state index is -0.730. The smallest absolute Gasteiger partial charge is 0.338 e. The van der Waals surface area contributed by atoms with E-state index in [0.717, 1.165) is 10.0 Å². The molecule has 0 amide bonds. The lowest BCUT2D eigenvalue weighted by molar-refractivity contribution is -0.139. The van der Waals surface area contributed by atoms with E-state index in [1.54, 1.807) is 44.2 Å². The molecule has 4 rings (SSSR count). The Labute approximate surface area is 207 Å². The molecule has 7 nitrogen and oxygen atoms in total. The number of carbonyl (C=O) groups excluding carboxylic acids is 2. The van der Waals surface area contributed by atoms with Gasteiger partial charge in [0.05, 0.1) is 28.5 Å². The van der Waals surface area contributed by atoms with Crippen molar-refractivity contribution in [2.75, 3.05) is 6.61 Å². The molecular weight excluding hydrogens is 520 g/mol. The van der Waals surface area contributed by atoms with Crippen molar-refractivity contribution < 1.29 is 19.1 Å². The Morgan fingerprint density at radius 2 is 1.94 bits per heavy atom. The highest BCUT2D eigenvalue weighted by atomic mass is 79.9. The molecule has 0 saturated heterocycles. The summed E-state index contributed by atoms with van der Waals surface area (Å²) in [4.78, 5) is 42.8. The highest BCUT2D eigenvalue weighted by molar-refractivity contribution is 9.10. The molecule has 34 heavy (non-hydrogen) atoms. The van der Waals surface area contributed by atoms with E-state index in [0.29, 0.717) is 31.9 Å². The second-order valence-corrected chi connectivity index (χ2v) is 9.44. The lowest BCUT2D eigenvalue weighted by atomic mass is 9.96. The third-order valence-corrected chi connectivity index (χ3v) is 6.60. The monoisotopic (exact) mass is 540 g/mol. The molecule has 1 aromatic heterocycles. The number of ether oxygens (including phenoxy) is 2. The first-order valence-electron chi connectivity index (χ1n) is 10.5. The average Bonchev–Trinajstić information content (AvgIpc) is 3.07. The molecule has 3 aromatic rings. The van der Waals surface area contributed by atoms with Crippen LogP contribution in [0.4, 0.5) is 0 Å². The predicted molar refractivity (Wildman–Crippen MR) is 132 cm³/mol. The van der Waals surface area contributed by atoms with Crippen molar-refractivity contribution in [3.63, 3.8) is 0 Å². The summed E-state index contributed by atoms with van der Waals surface area (Å²) in [6.45, 7) is 4.98. The summed E-state index contributed by atoms with van der Waals surface area (Å²) >= 11 is 4.71. The molecule has 0 spiro atoms. The number of allylic oxidation sites excluding steroid dienone is 1. The Morgan fingerprint density at radius 1 is 1.21 bits per heavy atom. The number of hydrogen-bond acceptors (Lipinski definition) is 7. The fraction of sp³-hybridized carbons (Fsp3) is 0.200. The number of fused-ring (bicyclic) bond motifs is 1. The quantitative estimate of drug-likeness (QED) is 0.365. The molecule has 2 aromatic carbocycles. The highest BCUT2D eigenvalue weighted by Gasteiger charge is 2.33. The lowest BCUT2D eigenvalue weighted by Gasteiger charge is -2.24. The standard InChI is InChI=1S/C25H21BrN2O5S/c1-4-32-24(31)21-14(2)27-25-28(22(21)17-8-10-19(11-9-17)33-15(3)29)23(30)20(34-25)13-16-6-5-7-18(26)12-16/h5-13,22H,4H2,1-3H3/t22-/m1/s1. The van der Waals surface area contributed by atoms with Gasteiger partial charge in [-0.1, -0.05) is 51.5 Å². The van der Waals surface area contributed by atoms with Crippen LogP contribution in [0.25, 0.3) is 6.08 Å². The third-order valence-electron chi connectivity index (χ3n) is 5.12. The van der Waals surface area contributed by atoms with Crippen LogP contribution in [0.3, 0.4) is 0 Å². The number of aromatic nitrogens is 1. The van der Waals surface area contributed by atoms with E-state index >= 15 is 0 Å². The normalized spacial score (nSPS) is 15.5. The van der Waals surface area contributed by atoms with E-state index in [2.05, 4.69) is 20.9 Å². The van der Waals surface area contributed by atoms with Crippen molar-refractivity contribution in [3.05, 3.63) is 95.1 Å². The number of halogens is 1. The number of carbonyl (C=O) groups is 2. The van der Waals surface area contributed by atoms with Gasteiger partial charge in [-0.25, -0.2) is 9.79 Å². The van der Waals surface area contributed by atoms with Crippen molar-refractivity contribution in [1.29, 1.82) is 0 Å². The lowest BCUT2D eigenvalue weighted by Crippen LogP contribution is -2.39. The summed E-state index contributed by atoms with van der Waals surface area (Å²) in [6, 6.07) is 13.6. The zero-order valence-corrected chi connectivity index (χ0v) is 21.1. The molecule has 1 aliphatic heterocycles. The van der Waals surface area contributed by atoms with Gasteiger partial charge in [-0.3, -0.25) is 14.2 Å². The van der Waals surface area contributed by atoms with Crippen LogP contribution >= 0.6 is 27.3 Å². The van der Waals surface area contributed by atoms with Gasteiger partial charge < -0.3 is 9.47 Å². The van der Waals surface area contributed by atoms with E-state index in [-0.39, 0.29) is 12.2 Å².